The lowest BCUT2D eigenvalue weighted by Gasteiger charge is -2.14. The molecular formula is C19H21ClN6O5S. The maximum Gasteiger partial charge on any atom is 0.303 e. The van der Waals surface area contributed by atoms with Gasteiger partial charge in [0.2, 0.25) is 5.28 Å². The van der Waals surface area contributed by atoms with Crippen molar-refractivity contribution in [2.75, 3.05) is 11.6 Å². The zero-order valence-corrected chi connectivity index (χ0v) is 19.2. The van der Waals surface area contributed by atoms with Crippen molar-refractivity contribution in [2.24, 2.45) is 0 Å². The Bertz CT molecular complexity index is 1320. The summed E-state index contributed by atoms with van der Waals surface area (Å²) < 4.78 is 29.6. The maximum atomic E-state index is 13.0. The zero-order chi connectivity index (χ0) is 23.5. The molecule has 170 valence electrons. The van der Waals surface area contributed by atoms with E-state index in [4.69, 9.17) is 16.3 Å². The molecule has 0 aliphatic rings. The Kier molecular flexibility index (Phi) is 7.04. The van der Waals surface area contributed by atoms with Gasteiger partial charge in [0.15, 0.2) is 21.3 Å². The molecule has 13 heteroatoms. The van der Waals surface area contributed by atoms with Gasteiger partial charge in [-0.05, 0) is 30.2 Å². The number of rotatable bonds is 8. The lowest BCUT2D eigenvalue weighted by Crippen LogP contribution is -2.27. The highest BCUT2D eigenvalue weighted by atomic mass is 35.5. The predicted molar refractivity (Wildman–Crippen MR) is 117 cm³/mol. The molecule has 0 saturated carbocycles. The van der Waals surface area contributed by atoms with Gasteiger partial charge in [-0.1, -0.05) is 6.92 Å². The molecule has 3 aromatic heterocycles. The summed E-state index contributed by atoms with van der Waals surface area (Å²) in [7, 11) is -3.36. The van der Waals surface area contributed by atoms with Crippen LogP contribution in [0.2, 0.25) is 5.28 Å². The second-order valence-corrected chi connectivity index (χ2v) is 9.27. The van der Waals surface area contributed by atoms with Crippen LogP contribution in [0.4, 0.5) is 5.82 Å². The average Bonchev–Trinajstić information content (AvgIpc) is 2.73. The van der Waals surface area contributed by atoms with Crippen molar-refractivity contribution < 1.29 is 17.9 Å². The number of nitrogens with one attached hydrogen (secondary N) is 1. The number of fused-ring (bicyclic) bond motifs is 1. The molecule has 1 N–H and O–H groups in total. The number of pyridine rings is 1. The van der Waals surface area contributed by atoms with E-state index in [1.54, 1.807) is 6.07 Å². The minimum absolute atomic E-state index is 0.0231. The fourth-order valence-electron chi connectivity index (χ4n) is 2.87. The molecule has 0 amide bonds. The fourth-order valence-corrected chi connectivity index (χ4v) is 3.61. The topological polar surface area (TPSA) is 146 Å². The largest absolute Gasteiger partial charge is 0.459 e. The number of aromatic nitrogens is 5. The summed E-state index contributed by atoms with van der Waals surface area (Å²) in [5.74, 6) is -0.480. The molecule has 0 bridgehead atoms. The van der Waals surface area contributed by atoms with E-state index >= 15 is 0 Å². The number of carbonyl (C=O) groups is 1. The van der Waals surface area contributed by atoms with Crippen molar-refractivity contribution in [2.45, 2.75) is 44.9 Å². The van der Waals surface area contributed by atoms with Gasteiger partial charge in [0.05, 0.1) is 17.1 Å². The van der Waals surface area contributed by atoms with Crippen LogP contribution in [0.25, 0.3) is 11.2 Å². The van der Waals surface area contributed by atoms with Gasteiger partial charge in [-0.25, -0.2) is 18.4 Å². The zero-order valence-electron chi connectivity index (χ0n) is 17.6. The molecule has 0 saturated heterocycles. The first kappa shape index (κ1) is 23.5. The normalized spacial score (nSPS) is 11.5. The summed E-state index contributed by atoms with van der Waals surface area (Å²) in [6.07, 6.45) is 3.00. The number of esters is 1. The molecule has 0 spiro atoms. The van der Waals surface area contributed by atoms with Crippen LogP contribution in [-0.4, -0.2) is 45.1 Å². The Labute approximate surface area is 188 Å². The van der Waals surface area contributed by atoms with Crippen LogP contribution in [0.1, 0.15) is 31.7 Å². The minimum Gasteiger partial charge on any atom is -0.459 e. The average molecular weight is 481 g/mol. The number of ether oxygens (including phenoxy) is 1. The van der Waals surface area contributed by atoms with Crippen LogP contribution in [-0.2, 0) is 39.1 Å². The molecule has 3 aromatic rings. The van der Waals surface area contributed by atoms with E-state index in [1.807, 2.05) is 6.92 Å². The third kappa shape index (κ3) is 5.37. The van der Waals surface area contributed by atoms with E-state index in [0.717, 1.165) is 6.26 Å². The summed E-state index contributed by atoms with van der Waals surface area (Å²) in [6, 6.07) is 2.99. The second-order valence-electron chi connectivity index (χ2n) is 6.92. The van der Waals surface area contributed by atoms with Crippen LogP contribution in [0.15, 0.2) is 28.0 Å². The number of halogens is 1. The highest BCUT2D eigenvalue weighted by Gasteiger charge is 2.18. The van der Waals surface area contributed by atoms with Gasteiger partial charge in [0, 0.05) is 25.9 Å². The Hall–Kier alpha value is -3.12. The van der Waals surface area contributed by atoms with E-state index in [-0.39, 0.29) is 46.0 Å². The molecule has 0 aliphatic carbocycles. The summed E-state index contributed by atoms with van der Waals surface area (Å²) in [4.78, 5) is 41.1. The highest BCUT2D eigenvalue weighted by molar-refractivity contribution is 7.90. The molecule has 3 heterocycles. The summed E-state index contributed by atoms with van der Waals surface area (Å²) in [6.45, 7) is 3.47. The number of sulfone groups is 1. The van der Waals surface area contributed by atoms with Crippen LogP contribution < -0.4 is 10.9 Å². The van der Waals surface area contributed by atoms with Gasteiger partial charge in [-0.2, -0.15) is 4.98 Å². The number of carbonyl (C=O) groups excluding carboxylic acids is 1. The first-order valence-corrected chi connectivity index (χ1v) is 11.9. The van der Waals surface area contributed by atoms with Crippen molar-refractivity contribution in [1.29, 1.82) is 0 Å². The minimum atomic E-state index is -3.36. The van der Waals surface area contributed by atoms with E-state index < -0.39 is 21.4 Å². The molecule has 32 heavy (non-hydrogen) atoms. The van der Waals surface area contributed by atoms with Gasteiger partial charge in [-0.3, -0.25) is 19.1 Å². The Morgan fingerprint density at radius 3 is 2.59 bits per heavy atom. The molecule has 0 radical (unpaired) electrons. The fraction of sp³-hybridized carbons (Fsp3) is 0.368. The number of aryl methyl sites for hydroxylation is 1. The molecule has 0 aromatic carbocycles. The summed E-state index contributed by atoms with van der Waals surface area (Å²) in [5.41, 5.74) is 0.860. The van der Waals surface area contributed by atoms with E-state index in [1.165, 1.54) is 23.8 Å². The molecule has 3 rings (SSSR count). The number of anilines is 1. The SMILES string of the molecule is CCCn1c(=O)c(NCc2ccc(S(C)(=O)=O)cn2)nc2c(COC(C)=O)nc(Cl)nc21. The van der Waals surface area contributed by atoms with Crippen molar-refractivity contribution in [1.82, 2.24) is 24.5 Å². The number of hydrogen-bond acceptors (Lipinski definition) is 10. The van der Waals surface area contributed by atoms with Gasteiger partial charge in [-0.15, -0.1) is 0 Å². The molecule has 0 unspecified atom stereocenters. The van der Waals surface area contributed by atoms with Crippen LogP contribution in [0, 0.1) is 0 Å². The highest BCUT2D eigenvalue weighted by Crippen LogP contribution is 2.18. The Morgan fingerprint density at radius 2 is 2.00 bits per heavy atom. The number of nitrogens with zero attached hydrogens (tertiary/aromatic N) is 5. The summed E-state index contributed by atoms with van der Waals surface area (Å²) in [5, 5.41) is 2.84. The Morgan fingerprint density at radius 1 is 1.25 bits per heavy atom. The summed E-state index contributed by atoms with van der Waals surface area (Å²) >= 11 is 6.02. The second kappa shape index (κ2) is 9.57. The van der Waals surface area contributed by atoms with Crippen molar-refractivity contribution >= 4 is 44.4 Å². The third-order valence-corrected chi connectivity index (χ3v) is 5.63. The third-order valence-electron chi connectivity index (χ3n) is 4.36. The van der Waals surface area contributed by atoms with Crippen molar-refractivity contribution in [3.63, 3.8) is 0 Å². The lowest BCUT2D eigenvalue weighted by molar-refractivity contribution is -0.142. The van der Waals surface area contributed by atoms with Gasteiger partial charge in [0.1, 0.15) is 17.8 Å². The van der Waals surface area contributed by atoms with E-state index in [0.29, 0.717) is 18.7 Å². The Balaban J connectivity index is 2.01. The first-order valence-electron chi connectivity index (χ1n) is 9.59. The van der Waals surface area contributed by atoms with E-state index in [9.17, 15) is 18.0 Å². The van der Waals surface area contributed by atoms with Gasteiger partial charge < -0.3 is 10.1 Å². The van der Waals surface area contributed by atoms with Crippen LogP contribution in [0.5, 0.6) is 0 Å². The van der Waals surface area contributed by atoms with Crippen molar-refractivity contribution in [3.8, 4) is 0 Å². The molecule has 0 aliphatic heterocycles. The van der Waals surface area contributed by atoms with Crippen LogP contribution >= 0.6 is 11.6 Å². The first-order chi connectivity index (χ1) is 15.1. The molecule has 11 nitrogen and oxygen atoms in total. The number of hydrogen-bond donors (Lipinski definition) is 1. The van der Waals surface area contributed by atoms with Gasteiger partial charge in [0.25, 0.3) is 5.56 Å². The van der Waals surface area contributed by atoms with E-state index in [2.05, 4.69) is 25.3 Å². The smallest absolute Gasteiger partial charge is 0.303 e. The van der Waals surface area contributed by atoms with Crippen molar-refractivity contribution in [3.05, 3.63) is 45.4 Å². The molecule has 0 fully saturated rings. The maximum absolute atomic E-state index is 13.0. The van der Waals surface area contributed by atoms with Gasteiger partial charge >= 0.3 is 5.97 Å². The predicted octanol–water partition coefficient (Wildman–Crippen LogP) is 1.72. The standard InChI is InChI=1S/C19H21ClN6O5S/c1-4-7-26-17-15(14(10-31-11(2)27)23-19(20)25-17)24-16(18(26)28)22-8-12-5-6-13(9-21-12)32(3,29)30/h5-6,9H,4,7-8,10H2,1-3H3,(H,22,24). The molecule has 0 atom stereocenters. The lowest BCUT2D eigenvalue weighted by atomic mass is 10.3. The van der Waals surface area contributed by atoms with Crippen LogP contribution in [0.3, 0.4) is 0 Å². The monoisotopic (exact) mass is 480 g/mol. The quantitative estimate of drug-likeness (QED) is 0.373. The molecular weight excluding hydrogens is 460 g/mol.